The highest BCUT2D eigenvalue weighted by Gasteiger charge is 2.17. The Labute approximate surface area is 112 Å². The molecule has 0 aromatic carbocycles. The molecule has 0 spiro atoms. The minimum absolute atomic E-state index is 0.0586. The lowest BCUT2D eigenvalue weighted by Gasteiger charge is -2.19. The van der Waals surface area contributed by atoms with Crippen molar-refractivity contribution in [3.05, 3.63) is 23.7 Å². The van der Waals surface area contributed by atoms with E-state index >= 15 is 0 Å². The molecule has 1 aromatic heterocycles. The molecule has 6 heteroatoms. The summed E-state index contributed by atoms with van der Waals surface area (Å²) >= 11 is 0. The van der Waals surface area contributed by atoms with Gasteiger partial charge in [0.1, 0.15) is 5.60 Å². The standard InChI is InChI=1S/C13H19NO5/c1-13(2,3)19-10(15)8-14-7-9-5-6-18-11(9)12(16)17-4/h5-6,14H,7-8H2,1-4H3. The molecule has 1 heterocycles. The Morgan fingerprint density at radius 2 is 2.05 bits per heavy atom. The highest BCUT2D eigenvalue weighted by molar-refractivity contribution is 5.87. The van der Waals surface area contributed by atoms with E-state index in [1.54, 1.807) is 26.8 Å². The van der Waals surface area contributed by atoms with E-state index in [1.807, 2.05) is 0 Å². The number of rotatable bonds is 5. The molecule has 0 radical (unpaired) electrons. The third kappa shape index (κ3) is 5.13. The second-order valence-corrected chi connectivity index (χ2v) is 4.96. The Bertz CT molecular complexity index is 444. The van der Waals surface area contributed by atoms with Gasteiger partial charge in [0.25, 0.3) is 0 Å². The molecule has 0 aliphatic heterocycles. The van der Waals surface area contributed by atoms with Crippen LogP contribution in [0.4, 0.5) is 0 Å². The number of ether oxygens (including phenoxy) is 2. The zero-order valence-electron chi connectivity index (χ0n) is 11.6. The number of carbonyl (C=O) groups excluding carboxylic acids is 2. The third-order valence-electron chi connectivity index (χ3n) is 2.12. The number of hydrogen-bond acceptors (Lipinski definition) is 6. The molecule has 106 valence electrons. The van der Waals surface area contributed by atoms with E-state index < -0.39 is 11.6 Å². The summed E-state index contributed by atoms with van der Waals surface area (Å²) in [5.41, 5.74) is 0.126. The molecule has 1 rings (SSSR count). The fourth-order valence-corrected chi connectivity index (χ4v) is 1.42. The number of hydrogen-bond donors (Lipinski definition) is 1. The van der Waals surface area contributed by atoms with Crippen molar-refractivity contribution in [2.24, 2.45) is 0 Å². The topological polar surface area (TPSA) is 77.8 Å². The SMILES string of the molecule is COC(=O)c1occc1CNCC(=O)OC(C)(C)C. The largest absolute Gasteiger partial charge is 0.463 e. The van der Waals surface area contributed by atoms with Crippen molar-refractivity contribution in [2.75, 3.05) is 13.7 Å². The van der Waals surface area contributed by atoms with Crippen molar-refractivity contribution in [1.82, 2.24) is 5.32 Å². The van der Waals surface area contributed by atoms with E-state index in [9.17, 15) is 9.59 Å². The van der Waals surface area contributed by atoms with E-state index in [1.165, 1.54) is 13.4 Å². The predicted molar refractivity (Wildman–Crippen MR) is 67.6 cm³/mol. The Morgan fingerprint density at radius 1 is 1.37 bits per heavy atom. The number of carbonyl (C=O) groups is 2. The molecule has 0 aliphatic carbocycles. The lowest BCUT2D eigenvalue weighted by molar-refractivity contribution is -0.153. The smallest absolute Gasteiger partial charge is 0.374 e. The maximum Gasteiger partial charge on any atom is 0.374 e. The first-order valence-corrected chi connectivity index (χ1v) is 5.90. The molecule has 0 aliphatic rings. The van der Waals surface area contributed by atoms with Crippen LogP contribution in [0, 0.1) is 0 Å². The molecule has 0 saturated carbocycles. The van der Waals surface area contributed by atoms with E-state index in [4.69, 9.17) is 9.15 Å². The van der Waals surface area contributed by atoms with Gasteiger partial charge in [-0.1, -0.05) is 0 Å². The normalized spacial score (nSPS) is 11.2. The Hall–Kier alpha value is -1.82. The monoisotopic (exact) mass is 269 g/mol. The van der Waals surface area contributed by atoms with Crippen molar-refractivity contribution in [3.63, 3.8) is 0 Å². The van der Waals surface area contributed by atoms with Crippen molar-refractivity contribution in [2.45, 2.75) is 32.9 Å². The van der Waals surface area contributed by atoms with Crippen LogP contribution < -0.4 is 5.32 Å². The number of esters is 2. The lowest BCUT2D eigenvalue weighted by Crippen LogP contribution is -2.31. The van der Waals surface area contributed by atoms with Crippen LogP contribution in [0.25, 0.3) is 0 Å². The van der Waals surface area contributed by atoms with Crippen molar-refractivity contribution in [1.29, 1.82) is 0 Å². The summed E-state index contributed by atoms with van der Waals surface area (Å²) < 4.78 is 14.7. The first kappa shape index (κ1) is 15.2. The molecule has 0 unspecified atom stereocenters. The van der Waals surface area contributed by atoms with Crippen LogP contribution in [0.2, 0.25) is 0 Å². The Kier molecular flexibility index (Phi) is 5.11. The van der Waals surface area contributed by atoms with Gasteiger partial charge in [0.15, 0.2) is 0 Å². The van der Waals surface area contributed by atoms with Gasteiger partial charge in [0, 0.05) is 12.1 Å². The molecular weight excluding hydrogens is 250 g/mol. The quantitative estimate of drug-likeness (QED) is 0.816. The van der Waals surface area contributed by atoms with Gasteiger partial charge in [-0.2, -0.15) is 0 Å². The zero-order valence-corrected chi connectivity index (χ0v) is 11.6. The van der Waals surface area contributed by atoms with Gasteiger partial charge in [0.05, 0.1) is 19.9 Å². The molecular formula is C13H19NO5. The predicted octanol–water partition coefficient (Wildman–Crippen LogP) is 1.50. The van der Waals surface area contributed by atoms with E-state index in [0.29, 0.717) is 12.1 Å². The summed E-state index contributed by atoms with van der Waals surface area (Å²) in [4.78, 5) is 22.8. The molecule has 0 amide bonds. The summed E-state index contributed by atoms with van der Waals surface area (Å²) in [5.74, 6) is -0.756. The van der Waals surface area contributed by atoms with E-state index in [2.05, 4.69) is 10.1 Å². The lowest BCUT2D eigenvalue weighted by atomic mass is 10.2. The molecule has 6 nitrogen and oxygen atoms in total. The highest BCUT2D eigenvalue weighted by Crippen LogP contribution is 2.11. The maximum atomic E-state index is 11.5. The molecule has 1 N–H and O–H groups in total. The van der Waals surface area contributed by atoms with Crippen molar-refractivity contribution < 1.29 is 23.5 Å². The van der Waals surface area contributed by atoms with Crippen LogP contribution in [-0.2, 0) is 20.8 Å². The number of methoxy groups -OCH3 is 1. The van der Waals surface area contributed by atoms with E-state index in [0.717, 1.165) is 0 Å². The summed E-state index contributed by atoms with van der Waals surface area (Å²) in [6.07, 6.45) is 1.40. The molecule has 0 saturated heterocycles. The van der Waals surface area contributed by atoms with Gasteiger partial charge in [-0.3, -0.25) is 4.79 Å². The second kappa shape index (κ2) is 6.38. The summed E-state index contributed by atoms with van der Waals surface area (Å²) in [7, 11) is 1.28. The van der Waals surface area contributed by atoms with Crippen molar-refractivity contribution >= 4 is 11.9 Å². The van der Waals surface area contributed by atoms with Gasteiger partial charge in [-0.15, -0.1) is 0 Å². The fourth-order valence-electron chi connectivity index (χ4n) is 1.42. The molecule has 0 fully saturated rings. The Balaban J connectivity index is 2.44. The first-order valence-electron chi connectivity index (χ1n) is 5.90. The van der Waals surface area contributed by atoms with E-state index in [-0.39, 0.29) is 18.3 Å². The van der Waals surface area contributed by atoms with Gasteiger partial charge in [-0.05, 0) is 26.8 Å². The molecule has 0 atom stereocenters. The number of furan rings is 1. The van der Waals surface area contributed by atoms with Crippen LogP contribution in [0.1, 0.15) is 36.9 Å². The summed E-state index contributed by atoms with van der Waals surface area (Å²) in [6, 6.07) is 1.65. The minimum Gasteiger partial charge on any atom is -0.463 e. The maximum absolute atomic E-state index is 11.5. The van der Waals surface area contributed by atoms with Gasteiger partial charge in [0.2, 0.25) is 5.76 Å². The average Bonchev–Trinajstić information content (AvgIpc) is 2.74. The summed E-state index contributed by atoms with van der Waals surface area (Å²) in [5, 5.41) is 2.89. The molecule has 19 heavy (non-hydrogen) atoms. The fraction of sp³-hybridized carbons (Fsp3) is 0.538. The van der Waals surface area contributed by atoms with Crippen LogP contribution >= 0.6 is 0 Å². The minimum atomic E-state index is -0.543. The van der Waals surface area contributed by atoms with Gasteiger partial charge < -0.3 is 19.2 Å². The third-order valence-corrected chi connectivity index (χ3v) is 2.12. The summed E-state index contributed by atoms with van der Waals surface area (Å²) in [6.45, 7) is 5.78. The van der Waals surface area contributed by atoms with Gasteiger partial charge >= 0.3 is 11.9 Å². The van der Waals surface area contributed by atoms with Crippen LogP contribution in [0.15, 0.2) is 16.7 Å². The van der Waals surface area contributed by atoms with Gasteiger partial charge in [-0.25, -0.2) is 4.79 Å². The second-order valence-electron chi connectivity index (χ2n) is 4.96. The highest BCUT2D eigenvalue weighted by atomic mass is 16.6. The molecule has 0 bridgehead atoms. The van der Waals surface area contributed by atoms with Crippen molar-refractivity contribution in [3.8, 4) is 0 Å². The van der Waals surface area contributed by atoms with Crippen LogP contribution in [0.3, 0.4) is 0 Å². The first-order chi connectivity index (χ1) is 8.83. The van der Waals surface area contributed by atoms with Crippen LogP contribution in [-0.4, -0.2) is 31.2 Å². The number of nitrogens with one attached hydrogen (secondary N) is 1. The molecule has 1 aromatic rings. The Morgan fingerprint density at radius 3 is 2.63 bits per heavy atom. The van der Waals surface area contributed by atoms with Crippen LogP contribution in [0.5, 0.6) is 0 Å². The average molecular weight is 269 g/mol. The zero-order chi connectivity index (χ0) is 14.5.